The number of aliphatic hydroxyl groups excluding tert-OH is 1. The van der Waals surface area contributed by atoms with Crippen LogP contribution < -0.4 is 5.32 Å². The molecule has 2 aromatic rings. The van der Waals surface area contributed by atoms with E-state index >= 15 is 0 Å². The molecule has 1 heterocycles. The van der Waals surface area contributed by atoms with Crippen LogP contribution in [0.25, 0.3) is 0 Å². The quantitative estimate of drug-likeness (QED) is 0.812. The van der Waals surface area contributed by atoms with Crippen LogP contribution in [0.2, 0.25) is 0 Å². The molecular weight excluding hydrogens is 370 g/mol. The van der Waals surface area contributed by atoms with Crippen LogP contribution in [0.3, 0.4) is 0 Å². The van der Waals surface area contributed by atoms with Crippen molar-refractivity contribution in [2.24, 2.45) is 0 Å². The minimum absolute atomic E-state index is 0.0328. The van der Waals surface area contributed by atoms with E-state index in [2.05, 4.69) is 49.3 Å². The van der Waals surface area contributed by atoms with Crippen molar-refractivity contribution in [3.63, 3.8) is 0 Å². The predicted molar refractivity (Wildman–Crippen MR) is 84.4 cm³/mol. The van der Waals surface area contributed by atoms with E-state index in [0.29, 0.717) is 0 Å². The molecule has 0 saturated carbocycles. The molecule has 98 valence electrons. The van der Waals surface area contributed by atoms with Gasteiger partial charge in [-0.25, -0.2) is 0 Å². The Morgan fingerprint density at radius 3 is 2.63 bits per heavy atom. The molecule has 2 unspecified atom stereocenters. The molecule has 0 radical (unpaired) electrons. The third kappa shape index (κ3) is 2.57. The molecule has 0 bridgehead atoms. The van der Waals surface area contributed by atoms with Gasteiger partial charge in [0.2, 0.25) is 0 Å². The average molecular weight is 383 g/mol. The fraction of sp³-hybridized carbons (Fsp3) is 0.200. The van der Waals surface area contributed by atoms with Crippen LogP contribution in [0.5, 0.6) is 0 Å². The Labute approximate surface area is 129 Å². The Morgan fingerprint density at radius 2 is 1.89 bits per heavy atom. The molecule has 1 aliphatic rings. The second-order valence-corrected chi connectivity index (χ2v) is 6.44. The summed E-state index contributed by atoms with van der Waals surface area (Å²) in [6.07, 6.45) is 0.335. The number of nitrogens with one attached hydrogen (secondary N) is 1. The van der Waals surface area contributed by atoms with Crippen molar-refractivity contribution >= 4 is 37.5 Å². The van der Waals surface area contributed by atoms with Crippen LogP contribution in [0.1, 0.15) is 17.2 Å². The van der Waals surface area contributed by atoms with E-state index in [-0.39, 0.29) is 6.04 Å². The molecule has 0 amide bonds. The van der Waals surface area contributed by atoms with E-state index in [1.807, 2.05) is 30.3 Å². The van der Waals surface area contributed by atoms with Gasteiger partial charge in [-0.2, -0.15) is 0 Å². The van der Waals surface area contributed by atoms with Gasteiger partial charge in [0, 0.05) is 14.6 Å². The van der Waals surface area contributed by atoms with Crippen molar-refractivity contribution in [1.82, 2.24) is 0 Å². The Balaban J connectivity index is 1.82. The van der Waals surface area contributed by atoms with Gasteiger partial charge in [-0.3, -0.25) is 0 Å². The van der Waals surface area contributed by atoms with Gasteiger partial charge in [0.25, 0.3) is 0 Å². The summed E-state index contributed by atoms with van der Waals surface area (Å²) in [6, 6.07) is 14.1. The highest BCUT2D eigenvalue weighted by atomic mass is 79.9. The molecule has 2 aromatic carbocycles. The van der Waals surface area contributed by atoms with Gasteiger partial charge in [-0.1, -0.05) is 24.3 Å². The number of para-hydroxylation sites is 1. The van der Waals surface area contributed by atoms with Gasteiger partial charge in [0.05, 0.1) is 12.1 Å². The minimum atomic E-state index is -0.517. The van der Waals surface area contributed by atoms with Gasteiger partial charge in [-0.05, 0) is 67.6 Å². The van der Waals surface area contributed by atoms with E-state index in [1.165, 1.54) is 5.56 Å². The first kappa shape index (κ1) is 13.2. The summed E-state index contributed by atoms with van der Waals surface area (Å²) in [5.74, 6) is 0. The van der Waals surface area contributed by atoms with Crippen molar-refractivity contribution in [3.8, 4) is 0 Å². The molecule has 1 aliphatic heterocycles. The molecule has 4 heteroatoms. The lowest BCUT2D eigenvalue weighted by atomic mass is 9.99. The van der Waals surface area contributed by atoms with Gasteiger partial charge < -0.3 is 10.4 Å². The zero-order valence-corrected chi connectivity index (χ0v) is 13.3. The number of fused-ring (bicyclic) bond motifs is 1. The van der Waals surface area contributed by atoms with E-state index in [0.717, 1.165) is 26.6 Å². The smallest absolute Gasteiger partial charge is 0.0994 e. The molecule has 19 heavy (non-hydrogen) atoms. The highest BCUT2D eigenvalue weighted by molar-refractivity contribution is 9.13. The number of hydrogen-bond acceptors (Lipinski definition) is 2. The first-order valence-corrected chi connectivity index (χ1v) is 7.71. The third-order valence-corrected chi connectivity index (χ3v) is 5.34. The zero-order valence-electron chi connectivity index (χ0n) is 10.1. The Kier molecular flexibility index (Phi) is 3.65. The molecule has 2 nitrogen and oxygen atoms in total. The van der Waals surface area contributed by atoms with Gasteiger partial charge in [0.1, 0.15) is 0 Å². The summed E-state index contributed by atoms with van der Waals surface area (Å²) < 4.78 is 1.95. The molecular formula is C15H13Br2NO. The number of halogens is 2. The maximum absolute atomic E-state index is 10.5. The standard InChI is InChI=1S/C15H13Br2NO/c16-11-6-5-10(7-12(11)17)15(19)14-8-9-3-1-2-4-13(9)18-14/h1-7,14-15,18-19H,8H2. The van der Waals surface area contributed by atoms with Gasteiger partial charge in [0.15, 0.2) is 0 Å². The van der Waals surface area contributed by atoms with Crippen LogP contribution in [0.4, 0.5) is 5.69 Å². The van der Waals surface area contributed by atoms with E-state index in [9.17, 15) is 5.11 Å². The summed E-state index contributed by atoms with van der Waals surface area (Å²) in [6.45, 7) is 0. The largest absolute Gasteiger partial charge is 0.386 e. The van der Waals surface area contributed by atoms with Crippen molar-refractivity contribution in [3.05, 3.63) is 62.5 Å². The fourth-order valence-electron chi connectivity index (χ4n) is 2.45. The van der Waals surface area contributed by atoms with Crippen molar-refractivity contribution in [1.29, 1.82) is 0 Å². The molecule has 2 atom stereocenters. The van der Waals surface area contributed by atoms with Crippen LogP contribution in [0.15, 0.2) is 51.4 Å². The maximum atomic E-state index is 10.5. The molecule has 2 N–H and O–H groups in total. The number of benzene rings is 2. The second-order valence-electron chi connectivity index (χ2n) is 4.73. The molecule has 0 aliphatic carbocycles. The lowest BCUT2D eigenvalue weighted by Gasteiger charge is -2.19. The minimum Gasteiger partial charge on any atom is -0.386 e. The second kappa shape index (κ2) is 5.27. The number of hydrogen-bond donors (Lipinski definition) is 2. The highest BCUT2D eigenvalue weighted by Gasteiger charge is 2.27. The van der Waals surface area contributed by atoms with E-state index in [1.54, 1.807) is 0 Å². The Hall–Kier alpha value is -0.840. The monoisotopic (exact) mass is 381 g/mol. The lowest BCUT2D eigenvalue weighted by Crippen LogP contribution is -2.24. The molecule has 0 saturated heterocycles. The molecule has 3 rings (SSSR count). The van der Waals surface area contributed by atoms with Crippen LogP contribution in [0, 0.1) is 0 Å². The summed E-state index contributed by atoms with van der Waals surface area (Å²) in [5.41, 5.74) is 3.31. The zero-order chi connectivity index (χ0) is 13.4. The number of rotatable bonds is 2. The Morgan fingerprint density at radius 1 is 1.11 bits per heavy atom. The molecule has 0 aromatic heterocycles. The van der Waals surface area contributed by atoms with Crippen LogP contribution in [-0.2, 0) is 6.42 Å². The lowest BCUT2D eigenvalue weighted by molar-refractivity contribution is 0.156. The van der Waals surface area contributed by atoms with Gasteiger partial charge >= 0.3 is 0 Å². The molecule has 0 spiro atoms. The summed E-state index contributed by atoms with van der Waals surface area (Å²) in [4.78, 5) is 0. The highest BCUT2D eigenvalue weighted by Crippen LogP contribution is 2.33. The topological polar surface area (TPSA) is 32.3 Å². The normalized spacial score (nSPS) is 18.8. The van der Waals surface area contributed by atoms with Crippen LogP contribution in [-0.4, -0.2) is 11.1 Å². The average Bonchev–Trinajstić information content (AvgIpc) is 2.85. The maximum Gasteiger partial charge on any atom is 0.0994 e. The Bertz CT molecular complexity index is 590. The first-order chi connectivity index (χ1) is 9.15. The summed E-state index contributed by atoms with van der Waals surface area (Å²) >= 11 is 6.91. The summed E-state index contributed by atoms with van der Waals surface area (Å²) in [5, 5.41) is 13.9. The van der Waals surface area contributed by atoms with Crippen LogP contribution >= 0.6 is 31.9 Å². The fourth-order valence-corrected chi connectivity index (χ4v) is 3.09. The van der Waals surface area contributed by atoms with E-state index in [4.69, 9.17) is 0 Å². The van der Waals surface area contributed by atoms with E-state index < -0.39 is 6.10 Å². The predicted octanol–water partition coefficient (Wildman–Crippen LogP) is 4.28. The number of anilines is 1. The van der Waals surface area contributed by atoms with Crippen molar-refractivity contribution in [2.75, 3.05) is 5.32 Å². The molecule has 0 fully saturated rings. The number of aliphatic hydroxyl groups is 1. The first-order valence-electron chi connectivity index (χ1n) is 6.12. The van der Waals surface area contributed by atoms with Crippen molar-refractivity contribution < 1.29 is 5.11 Å². The third-order valence-electron chi connectivity index (χ3n) is 3.46. The SMILES string of the molecule is OC(c1ccc(Br)c(Br)c1)C1Cc2ccccc2N1. The van der Waals surface area contributed by atoms with Gasteiger partial charge in [-0.15, -0.1) is 0 Å². The van der Waals surface area contributed by atoms with Crippen molar-refractivity contribution in [2.45, 2.75) is 18.6 Å². The summed E-state index contributed by atoms with van der Waals surface area (Å²) in [7, 11) is 0.